The van der Waals surface area contributed by atoms with Gasteiger partial charge in [0.1, 0.15) is 6.33 Å². The monoisotopic (exact) mass is 239 g/mol. The first kappa shape index (κ1) is 10.9. The van der Waals surface area contributed by atoms with Gasteiger partial charge in [0.05, 0.1) is 12.0 Å². The topological polar surface area (TPSA) is 49.6 Å². The zero-order chi connectivity index (χ0) is 10.5. The van der Waals surface area contributed by atoms with Crippen molar-refractivity contribution in [1.82, 2.24) is 9.36 Å². The first-order valence-electron chi connectivity index (χ1n) is 5.23. The standard InChI is InChI=1S/C10H13N3S2/c11-6-8-4-2-1-3-5-9(8)14-10-12-7-13-15-10/h7-9H,1-5H2. The van der Waals surface area contributed by atoms with E-state index in [-0.39, 0.29) is 5.92 Å². The Balaban J connectivity index is 2.01. The van der Waals surface area contributed by atoms with Crippen molar-refractivity contribution in [2.24, 2.45) is 5.92 Å². The van der Waals surface area contributed by atoms with Gasteiger partial charge in [-0.05, 0) is 24.4 Å². The fourth-order valence-corrected chi connectivity index (χ4v) is 3.87. The van der Waals surface area contributed by atoms with E-state index in [1.54, 1.807) is 18.1 Å². The number of nitriles is 1. The second-order valence-corrected chi connectivity index (χ2v) is 6.00. The first-order valence-corrected chi connectivity index (χ1v) is 6.88. The van der Waals surface area contributed by atoms with Crippen LogP contribution in [0.3, 0.4) is 0 Å². The number of hydrogen-bond acceptors (Lipinski definition) is 5. The van der Waals surface area contributed by atoms with Crippen LogP contribution in [0, 0.1) is 17.2 Å². The summed E-state index contributed by atoms with van der Waals surface area (Å²) in [5.41, 5.74) is 0. The van der Waals surface area contributed by atoms with E-state index < -0.39 is 0 Å². The summed E-state index contributed by atoms with van der Waals surface area (Å²) < 4.78 is 4.99. The van der Waals surface area contributed by atoms with Crippen LogP contribution in [0.5, 0.6) is 0 Å². The Morgan fingerprint density at radius 2 is 2.27 bits per heavy atom. The summed E-state index contributed by atoms with van der Waals surface area (Å²) in [5, 5.41) is 9.54. The maximum atomic E-state index is 9.12. The third kappa shape index (κ3) is 2.93. The van der Waals surface area contributed by atoms with E-state index in [0.717, 1.165) is 17.2 Å². The van der Waals surface area contributed by atoms with Gasteiger partial charge in [0.2, 0.25) is 0 Å². The molecule has 1 heterocycles. The third-order valence-electron chi connectivity index (χ3n) is 2.71. The number of rotatable bonds is 2. The van der Waals surface area contributed by atoms with Gasteiger partial charge in [0.15, 0.2) is 4.34 Å². The second-order valence-electron chi connectivity index (χ2n) is 3.74. The predicted octanol–water partition coefficient (Wildman–Crippen LogP) is 3.10. The molecule has 1 aromatic heterocycles. The van der Waals surface area contributed by atoms with Gasteiger partial charge in [-0.2, -0.15) is 9.64 Å². The molecule has 0 amide bonds. The maximum absolute atomic E-state index is 9.12. The smallest absolute Gasteiger partial charge is 0.170 e. The van der Waals surface area contributed by atoms with Gasteiger partial charge >= 0.3 is 0 Å². The van der Waals surface area contributed by atoms with E-state index in [1.165, 1.54) is 30.8 Å². The SMILES string of the molecule is N#CC1CCCCCC1Sc1ncns1. The Morgan fingerprint density at radius 3 is 3.00 bits per heavy atom. The van der Waals surface area contributed by atoms with E-state index >= 15 is 0 Å². The lowest BCUT2D eigenvalue weighted by molar-refractivity contribution is 0.585. The molecule has 1 saturated carbocycles. The molecule has 2 atom stereocenters. The van der Waals surface area contributed by atoms with Gasteiger partial charge in [0.25, 0.3) is 0 Å². The average Bonchev–Trinajstić information content (AvgIpc) is 2.64. The minimum absolute atomic E-state index is 0.196. The fourth-order valence-electron chi connectivity index (χ4n) is 1.91. The highest BCUT2D eigenvalue weighted by atomic mass is 32.2. The molecular weight excluding hydrogens is 226 g/mol. The summed E-state index contributed by atoms with van der Waals surface area (Å²) in [6.07, 6.45) is 7.49. The number of aromatic nitrogens is 2. The van der Waals surface area contributed by atoms with Gasteiger partial charge in [-0.3, -0.25) is 0 Å². The van der Waals surface area contributed by atoms with Crippen molar-refractivity contribution in [2.45, 2.75) is 41.7 Å². The van der Waals surface area contributed by atoms with Crippen LogP contribution in [0.15, 0.2) is 10.7 Å². The van der Waals surface area contributed by atoms with Gasteiger partial charge in [0, 0.05) is 5.25 Å². The summed E-state index contributed by atoms with van der Waals surface area (Å²) in [7, 11) is 0. The van der Waals surface area contributed by atoms with Crippen LogP contribution in [-0.2, 0) is 0 Å². The van der Waals surface area contributed by atoms with Gasteiger partial charge in [-0.15, -0.1) is 0 Å². The Hall–Kier alpha value is -0.600. The number of nitrogens with zero attached hydrogens (tertiary/aromatic N) is 3. The van der Waals surface area contributed by atoms with Crippen LogP contribution in [0.4, 0.5) is 0 Å². The molecule has 0 aromatic carbocycles. The van der Waals surface area contributed by atoms with Crippen molar-refractivity contribution in [2.75, 3.05) is 0 Å². The molecule has 0 saturated heterocycles. The largest absolute Gasteiger partial charge is 0.216 e. The summed E-state index contributed by atoms with van der Waals surface area (Å²) >= 11 is 3.17. The predicted molar refractivity (Wildman–Crippen MR) is 61.7 cm³/mol. The Labute approximate surface area is 98.1 Å². The van der Waals surface area contributed by atoms with Crippen molar-refractivity contribution in [3.8, 4) is 6.07 Å². The molecule has 1 aliphatic rings. The molecule has 0 spiro atoms. The van der Waals surface area contributed by atoms with Crippen molar-refractivity contribution in [3.63, 3.8) is 0 Å². The van der Waals surface area contributed by atoms with E-state index in [2.05, 4.69) is 15.4 Å². The van der Waals surface area contributed by atoms with E-state index in [1.807, 2.05) is 0 Å². The molecule has 0 N–H and O–H groups in total. The molecule has 2 rings (SSSR count). The lowest BCUT2D eigenvalue weighted by Gasteiger charge is -2.16. The molecule has 80 valence electrons. The van der Waals surface area contributed by atoms with E-state index in [9.17, 15) is 0 Å². The summed E-state index contributed by atoms with van der Waals surface area (Å²) in [6.45, 7) is 0. The highest BCUT2D eigenvalue weighted by Gasteiger charge is 2.25. The van der Waals surface area contributed by atoms with Gasteiger partial charge in [-0.1, -0.05) is 31.0 Å². The summed E-state index contributed by atoms with van der Waals surface area (Å²) in [6, 6.07) is 2.44. The molecule has 1 fully saturated rings. The van der Waals surface area contributed by atoms with Crippen molar-refractivity contribution in [1.29, 1.82) is 5.26 Å². The van der Waals surface area contributed by atoms with Crippen LogP contribution < -0.4 is 0 Å². The molecule has 0 aliphatic heterocycles. The lowest BCUT2D eigenvalue weighted by atomic mass is 10.0. The normalized spacial score (nSPS) is 26.9. The second kappa shape index (κ2) is 5.47. The molecule has 0 bridgehead atoms. The van der Waals surface area contributed by atoms with Crippen LogP contribution in [-0.4, -0.2) is 14.6 Å². The maximum Gasteiger partial charge on any atom is 0.170 e. The Kier molecular flexibility index (Phi) is 3.98. The van der Waals surface area contributed by atoms with Crippen LogP contribution >= 0.6 is 23.3 Å². The minimum Gasteiger partial charge on any atom is -0.216 e. The average molecular weight is 239 g/mol. The van der Waals surface area contributed by atoms with Crippen LogP contribution in [0.1, 0.15) is 32.1 Å². The molecule has 2 unspecified atom stereocenters. The third-order valence-corrected chi connectivity index (χ3v) is 4.86. The molecular formula is C10H13N3S2. The molecule has 1 aromatic rings. The van der Waals surface area contributed by atoms with Crippen molar-refractivity contribution >= 4 is 23.3 Å². The van der Waals surface area contributed by atoms with Crippen molar-refractivity contribution < 1.29 is 0 Å². The molecule has 5 heteroatoms. The van der Waals surface area contributed by atoms with E-state index in [4.69, 9.17) is 5.26 Å². The molecule has 15 heavy (non-hydrogen) atoms. The Morgan fingerprint density at radius 1 is 1.40 bits per heavy atom. The zero-order valence-electron chi connectivity index (χ0n) is 8.43. The van der Waals surface area contributed by atoms with Crippen LogP contribution in [0.25, 0.3) is 0 Å². The Bertz CT molecular complexity index is 331. The first-order chi connectivity index (χ1) is 7.40. The van der Waals surface area contributed by atoms with Crippen molar-refractivity contribution in [3.05, 3.63) is 6.33 Å². The fraction of sp³-hybridized carbons (Fsp3) is 0.700. The van der Waals surface area contributed by atoms with E-state index in [0.29, 0.717) is 5.25 Å². The zero-order valence-corrected chi connectivity index (χ0v) is 10.1. The quantitative estimate of drug-likeness (QED) is 0.744. The molecule has 1 aliphatic carbocycles. The molecule has 3 nitrogen and oxygen atoms in total. The lowest BCUT2D eigenvalue weighted by Crippen LogP contribution is -2.13. The number of hydrogen-bond donors (Lipinski definition) is 0. The van der Waals surface area contributed by atoms with Gasteiger partial charge < -0.3 is 0 Å². The molecule has 0 radical (unpaired) electrons. The summed E-state index contributed by atoms with van der Waals surface area (Å²) in [5.74, 6) is 0.196. The minimum atomic E-state index is 0.196. The van der Waals surface area contributed by atoms with Crippen LogP contribution in [0.2, 0.25) is 0 Å². The highest BCUT2D eigenvalue weighted by molar-refractivity contribution is 8.01. The summed E-state index contributed by atoms with van der Waals surface area (Å²) in [4.78, 5) is 4.17. The highest BCUT2D eigenvalue weighted by Crippen LogP contribution is 2.36. The number of thioether (sulfide) groups is 1. The van der Waals surface area contributed by atoms with Gasteiger partial charge in [-0.25, -0.2) is 4.98 Å².